The summed E-state index contributed by atoms with van der Waals surface area (Å²) in [6.45, 7) is 9.73. The number of aromatic nitrogens is 2. The van der Waals surface area contributed by atoms with Crippen LogP contribution in [0.1, 0.15) is 43.6 Å². The van der Waals surface area contributed by atoms with Crippen molar-refractivity contribution in [3.05, 3.63) is 18.0 Å². The maximum atomic E-state index is 13.0. The van der Waals surface area contributed by atoms with E-state index < -0.39 is 12.1 Å². The lowest BCUT2D eigenvalue weighted by Gasteiger charge is -2.57. The van der Waals surface area contributed by atoms with Crippen molar-refractivity contribution in [1.29, 1.82) is 0 Å². The predicted octanol–water partition coefficient (Wildman–Crippen LogP) is 2.50. The van der Waals surface area contributed by atoms with Crippen LogP contribution in [-0.2, 0) is 16.1 Å². The van der Waals surface area contributed by atoms with Gasteiger partial charge in [-0.1, -0.05) is 13.8 Å². The van der Waals surface area contributed by atoms with Gasteiger partial charge in [-0.05, 0) is 31.2 Å². The van der Waals surface area contributed by atoms with Crippen LogP contribution in [0.2, 0.25) is 0 Å². The first-order chi connectivity index (χ1) is 14.5. The molecule has 1 aromatic heterocycles. The Balaban J connectivity index is 0.000000423. The number of carboxylic acids is 1. The van der Waals surface area contributed by atoms with Crippen LogP contribution in [0.5, 0.6) is 0 Å². The summed E-state index contributed by atoms with van der Waals surface area (Å²) in [5, 5.41) is 11.4. The van der Waals surface area contributed by atoms with Crippen molar-refractivity contribution in [2.75, 3.05) is 39.9 Å². The largest absolute Gasteiger partial charge is 0.490 e. The Bertz CT molecular complexity index is 753. The lowest BCUT2D eigenvalue weighted by atomic mass is 9.77. The number of hydrogen-bond donors (Lipinski definition) is 1. The van der Waals surface area contributed by atoms with Gasteiger partial charge in [0, 0.05) is 45.0 Å². The molecule has 2 fully saturated rings. The molecular formula is C20H31F3N4O4. The molecule has 0 saturated carbocycles. The minimum atomic E-state index is -5.08. The Morgan fingerprint density at radius 1 is 1.29 bits per heavy atom. The molecule has 3 heterocycles. The van der Waals surface area contributed by atoms with Gasteiger partial charge in [-0.3, -0.25) is 14.4 Å². The van der Waals surface area contributed by atoms with Crippen LogP contribution >= 0.6 is 0 Å². The molecule has 31 heavy (non-hydrogen) atoms. The smallest absolute Gasteiger partial charge is 0.475 e. The van der Waals surface area contributed by atoms with E-state index in [1.54, 1.807) is 18.0 Å². The Hall–Kier alpha value is -2.14. The monoisotopic (exact) mass is 448 g/mol. The number of aliphatic carboxylic acids is 1. The molecule has 1 spiro atoms. The zero-order valence-corrected chi connectivity index (χ0v) is 18.2. The van der Waals surface area contributed by atoms with Gasteiger partial charge in [0.05, 0.1) is 13.2 Å². The van der Waals surface area contributed by atoms with E-state index in [1.165, 1.54) is 19.4 Å². The molecule has 1 N–H and O–H groups in total. The summed E-state index contributed by atoms with van der Waals surface area (Å²) in [6.07, 6.45) is 0.141. The van der Waals surface area contributed by atoms with Crippen molar-refractivity contribution in [3.8, 4) is 0 Å². The number of piperidine rings is 1. The highest BCUT2D eigenvalue weighted by atomic mass is 19.4. The average Bonchev–Trinajstić information content (AvgIpc) is 3.17. The third kappa shape index (κ3) is 6.42. The fourth-order valence-electron chi connectivity index (χ4n) is 4.09. The van der Waals surface area contributed by atoms with Crippen LogP contribution in [-0.4, -0.2) is 88.2 Å². The lowest BCUT2D eigenvalue weighted by molar-refractivity contribution is -0.192. The van der Waals surface area contributed by atoms with Gasteiger partial charge in [0.2, 0.25) is 0 Å². The fourth-order valence-corrected chi connectivity index (χ4v) is 4.09. The van der Waals surface area contributed by atoms with E-state index >= 15 is 0 Å². The number of likely N-dealkylation sites (tertiary alicyclic amines) is 2. The number of amides is 1. The maximum Gasteiger partial charge on any atom is 0.490 e. The third-order valence-electron chi connectivity index (χ3n) is 5.63. The van der Waals surface area contributed by atoms with E-state index in [4.69, 9.17) is 14.6 Å². The molecule has 176 valence electrons. The van der Waals surface area contributed by atoms with Gasteiger partial charge in [0.15, 0.2) is 0 Å². The molecule has 1 amide bonds. The molecule has 3 rings (SSSR count). The number of rotatable bonds is 6. The van der Waals surface area contributed by atoms with Crippen LogP contribution in [0, 0.1) is 5.92 Å². The molecule has 2 saturated heterocycles. The zero-order chi connectivity index (χ0) is 23.2. The summed E-state index contributed by atoms with van der Waals surface area (Å²) < 4.78 is 38.6. The minimum absolute atomic E-state index is 0.110. The second kappa shape index (κ2) is 10.4. The zero-order valence-electron chi connectivity index (χ0n) is 18.2. The summed E-state index contributed by atoms with van der Waals surface area (Å²) in [6, 6.07) is 1.83. The molecule has 0 radical (unpaired) electrons. The number of hydrogen-bond acceptors (Lipinski definition) is 5. The number of methoxy groups -OCH3 is 1. The van der Waals surface area contributed by atoms with Gasteiger partial charge in [0.1, 0.15) is 5.69 Å². The van der Waals surface area contributed by atoms with Gasteiger partial charge in [-0.15, -0.1) is 0 Å². The summed E-state index contributed by atoms with van der Waals surface area (Å²) in [5.74, 6) is -1.98. The van der Waals surface area contributed by atoms with Crippen molar-refractivity contribution >= 4 is 11.9 Å². The van der Waals surface area contributed by atoms with Gasteiger partial charge < -0.3 is 14.7 Å². The molecule has 1 aromatic rings. The number of carbonyl (C=O) groups excluding carboxylic acids is 1. The number of halogens is 3. The van der Waals surface area contributed by atoms with Gasteiger partial charge in [-0.25, -0.2) is 4.79 Å². The SMILES string of the molecule is COCCn1nccc1C(=O)N1CCCC2(CCN2CC(C)C)C1.O=C(O)C(F)(F)F. The Labute approximate surface area is 179 Å². The van der Waals surface area contributed by atoms with Crippen LogP contribution in [0.3, 0.4) is 0 Å². The second-order valence-corrected chi connectivity index (χ2v) is 8.38. The van der Waals surface area contributed by atoms with Crippen LogP contribution in [0.4, 0.5) is 13.2 Å². The van der Waals surface area contributed by atoms with Gasteiger partial charge in [-0.2, -0.15) is 18.3 Å². The standard InChI is InChI=1S/C18H30N4O2.C2HF3O2/c1-15(2)13-21-10-7-18(21)6-4-9-20(14-18)17(23)16-5-8-19-22(16)11-12-24-3;3-2(4,5)1(6)7/h5,8,15H,4,6-7,9-14H2,1-3H3;(H,6,7). The molecule has 8 nitrogen and oxygen atoms in total. The van der Waals surface area contributed by atoms with Crippen LogP contribution in [0.25, 0.3) is 0 Å². The van der Waals surface area contributed by atoms with E-state index in [0.29, 0.717) is 24.8 Å². The average molecular weight is 448 g/mol. The molecule has 0 aromatic carbocycles. The highest BCUT2D eigenvalue weighted by Crippen LogP contribution is 2.39. The van der Waals surface area contributed by atoms with Gasteiger partial charge >= 0.3 is 12.1 Å². The molecule has 1 atom stereocenters. The molecule has 0 aliphatic carbocycles. The van der Waals surface area contributed by atoms with E-state index in [-0.39, 0.29) is 11.4 Å². The number of nitrogens with zero attached hydrogens (tertiary/aromatic N) is 4. The highest BCUT2D eigenvalue weighted by molar-refractivity contribution is 5.92. The molecule has 11 heteroatoms. The Morgan fingerprint density at radius 3 is 2.48 bits per heavy atom. The molecule has 0 bridgehead atoms. The van der Waals surface area contributed by atoms with E-state index in [9.17, 15) is 18.0 Å². The van der Waals surface area contributed by atoms with Crippen LogP contribution in [0.15, 0.2) is 12.3 Å². The molecule has 2 aliphatic rings. The van der Waals surface area contributed by atoms with Gasteiger partial charge in [0.25, 0.3) is 5.91 Å². The predicted molar refractivity (Wildman–Crippen MR) is 107 cm³/mol. The molecular weight excluding hydrogens is 417 g/mol. The maximum absolute atomic E-state index is 13.0. The molecule has 1 unspecified atom stereocenters. The normalized spacial score (nSPS) is 21.6. The summed E-state index contributed by atoms with van der Waals surface area (Å²) in [7, 11) is 1.67. The fraction of sp³-hybridized carbons (Fsp3) is 0.750. The topological polar surface area (TPSA) is 87.9 Å². The minimum Gasteiger partial charge on any atom is -0.475 e. The van der Waals surface area contributed by atoms with Crippen molar-refractivity contribution in [2.45, 2.75) is 51.4 Å². The van der Waals surface area contributed by atoms with E-state index in [1.807, 2.05) is 11.0 Å². The first-order valence-electron chi connectivity index (χ1n) is 10.4. The number of carboxylic acid groups (broad SMARTS) is 1. The first-order valence-corrected chi connectivity index (χ1v) is 10.4. The Morgan fingerprint density at radius 2 is 1.97 bits per heavy atom. The van der Waals surface area contributed by atoms with Crippen LogP contribution < -0.4 is 0 Å². The van der Waals surface area contributed by atoms with Crippen molar-refractivity contribution in [1.82, 2.24) is 19.6 Å². The quantitative estimate of drug-likeness (QED) is 0.720. The molecule has 2 aliphatic heterocycles. The number of ether oxygens (including phenoxy) is 1. The van der Waals surface area contributed by atoms with E-state index in [2.05, 4.69) is 23.8 Å². The Kier molecular flexibility index (Phi) is 8.47. The first kappa shape index (κ1) is 25.1. The summed E-state index contributed by atoms with van der Waals surface area (Å²) >= 11 is 0. The third-order valence-corrected chi connectivity index (χ3v) is 5.63. The summed E-state index contributed by atoms with van der Waals surface area (Å²) in [5.41, 5.74) is 0.897. The number of alkyl halides is 3. The number of carbonyl (C=O) groups is 2. The van der Waals surface area contributed by atoms with Crippen molar-refractivity contribution < 1.29 is 32.6 Å². The second-order valence-electron chi connectivity index (χ2n) is 8.38. The lowest BCUT2D eigenvalue weighted by Crippen LogP contribution is -2.68. The van der Waals surface area contributed by atoms with Crippen molar-refractivity contribution in [2.24, 2.45) is 5.92 Å². The summed E-state index contributed by atoms with van der Waals surface area (Å²) in [4.78, 5) is 26.5. The highest BCUT2D eigenvalue weighted by Gasteiger charge is 2.48. The van der Waals surface area contributed by atoms with Crippen molar-refractivity contribution in [3.63, 3.8) is 0 Å². The van der Waals surface area contributed by atoms with E-state index in [0.717, 1.165) is 26.1 Å².